The van der Waals surface area contributed by atoms with Crippen molar-refractivity contribution in [2.45, 2.75) is 43.7 Å². The van der Waals surface area contributed by atoms with E-state index >= 15 is 0 Å². The Morgan fingerprint density at radius 1 is 1.08 bits per heavy atom. The predicted molar refractivity (Wildman–Crippen MR) is 89.4 cm³/mol. The van der Waals surface area contributed by atoms with Crippen LogP contribution in [0.25, 0.3) is 0 Å². The van der Waals surface area contributed by atoms with E-state index in [0.717, 1.165) is 39.0 Å². The number of carbonyl (C=O) groups excluding carboxylic acids is 1. The van der Waals surface area contributed by atoms with Gasteiger partial charge in [-0.2, -0.15) is 0 Å². The third-order valence-electron chi connectivity index (χ3n) is 5.90. The summed E-state index contributed by atoms with van der Waals surface area (Å²) in [6.07, 6.45) is 5.53. The smallest absolute Gasteiger partial charge is 0.253 e. The Labute approximate surface area is 142 Å². The van der Waals surface area contributed by atoms with Gasteiger partial charge >= 0.3 is 0 Å². The zero-order valence-corrected chi connectivity index (χ0v) is 14.0. The monoisotopic (exact) mass is 332 g/mol. The molecule has 0 N–H and O–H groups in total. The molecule has 1 aromatic carbocycles. The van der Waals surface area contributed by atoms with Gasteiger partial charge in [0.05, 0.1) is 12.2 Å². The lowest BCUT2D eigenvalue weighted by Crippen LogP contribution is -2.47. The van der Waals surface area contributed by atoms with Crippen molar-refractivity contribution in [3.63, 3.8) is 0 Å². The van der Waals surface area contributed by atoms with Crippen LogP contribution in [0.15, 0.2) is 24.3 Å². The maximum absolute atomic E-state index is 13.0. The summed E-state index contributed by atoms with van der Waals surface area (Å²) in [4.78, 5) is 17.0. The molecule has 1 spiro atoms. The van der Waals surface area contributed by atoms with Crippen LogP contribution in [0.2, 0.25) is 0 Å². The van der Waals surface area contributed by atoms with Gasteiger partial charge < -0.3 is 9.64 Å². The fraction of sp³-hybridized carbons (Fsp3) is 0.632. The summed E-state index contributed by atoms with van der Waals surface area (Å²) < 4.78 is 19.2. The minimum absolute atomic E-state index is 0.000982. The summed E-state index contributed by atoms with van der Waals surface area (Å²) >= 11 is 0. The number of carbonyl (C=O) groups is 1. The maximum Gasteiger partial charge on any atom is 0.253 e. The third-order valence-corrected chi connectivity index (χ3v) is 5.90. The quantitative estimate of drug-likeness (QED) is 0.835. The fourth-order valence-electron chi connectivity index (χ4n) is 4.40. The summed E-state index contributed by atoms with van der Waals surface area (Å²) in [6, 6.07) is 6.39. The Morgan fingerprint density at radius 2 is 1.75 bits per heavy atom. The second kappa shape index (κ2) is 6.45. The Balaban J connectivity index is 1.35. The normalized spacial score (nSPS) is 27.0. The SMILES string of the molecule is O=C(c1ccc(F)cc1)N1CCC2(CC1)C[C@H](N1CCCC1)CO2. The van der Waals surface area contributed by atoms with Crippen molar-refractivity contribution in [2.75, 3.05) is 32.8 Å². The Bertz CT molecular complexity index is 590. The number of hydrogen-bond donors (Lipinski definition) is 0. The number of benzene rings is 1. The van der Waals surface area contributed by atoms with E-state index in [0.29, 0.717) is 11.6 Å². The molecule has 0 radical (unpaired) electrons. The van der Waals surface area contributed by atoms with E-state index in [1.54, 1.807) is 12.1 Å². The summed E-state index contributed by atoms with van der Waals surface area (Å²) in [5, 5.41) is 0. The number of likely N-dealkylation sites (tertiary alicyclic amines) is 2. The standard InChI is InChI=1S/C19H25FN2O2/c20-16-5-3-15(4-6-16)18(23)22-11-7-19(8-12-22)13-17(14-24-19)21-9-1-2-10-21/h3-6,17H,1-2,7-14H2/t17-/m0/s1. The van der Waals surface area contributed by atoms with Crippen molar-refractivity contribution in [2.24, 2.45) is 0 Å². The molecule has 3 aliphatic rings. The highest BCUT2D eigenvalue weighted by Crippen LogP contribution is 2.38. The molecular weight excluding hydrogens is 307 g/mol. The second-order valence-electron chi connectivity index (χ2n) is 7.39. The highest BCUT2D eigenvalue weighted by molar-refractivity contribution is 5.94. The Morgan fingerprint density at radius 3 is 2.42 bits per heavy atom. The van der Waals surface area contributed by atoms with E-state index in [1.165, 1.54) is 38.1 Å². The van der Waals surface area contributed by atoms with Crippen molar-refractivity contribution in [1.82, 2.24) is 9.80 Å². The van der Waals surface area contributed by atoms with Crippen LogP contribution in [0, 0.1) is 5.82 Å². The molecule has 3 saturated heterocycles. The molecule has 0 aromatic heterocycles. The lowest BCUT2D eigenvalue weighted by molar-refractivity contribution is -0.0393. The molecule has 1 atom stereocenters. The maximum atomic E-state index is 13.0. The van der Waals surface area contributed by atoms with Crippen molar-refractivity contribution in [3.8, 4) is 0 Å². The number of ether oxygens (including phenoxy) is 1. The number of amides is 1. The number of rotatable bonds is 2. The lowest BCUT2D eigenvalue weighted by atomic mass is 9.87. The molecule has 5 heteroatoms. The zero-order chi connectivity index (χ0) is 16.6. The molecule has 4 nitrogen and oxygen atoms in total. The van der Waals surface area contributed by atoms with Gasteiger partial charge in [-0.15, -0.1) is 0 Å². The van der Waals surface area contributed by atoms with Gasteiger partial charge in [-0.3, -0.25) is 9.69 Å². The van der Waals surface area contributed by atoms with E-state index in [9.17, 15) is 9.18 Å². The molecule has 0 aliphatic carbocycles. The number of hydrogen-bond acceptors (Lipinski definition) is 3. The van der Waals surface area contributed by atoms with Crippen LogP contribution >= 0.6 is 0 Å². The fourth-order valence-corrected chi connectivity index (χ4v) is 4.40. The third kappa shape index (κ3) is 3.07. The van der Waals surface area contributed by atoms with E-state index in [-0.39, 0.29) is 17.3 Å². The van der Waals surface area contributed by atoms with Crippen LogP contribution in [0.5, 0.6) is 0 Å². The average Bonchev–Trinajstić information content (AvgIpc) is 3.26. The topological polar surface area (TPSA) is 32.8 Å². The van der Waals surface area contributed by atoms with Crippen LogP contribution < -0.4 is 0 Å². The van der Waals surface area contributed by atoms with Gasteiger partial charge in [-0.1, -0.05) is 0 Å². The first-order valence-corrected chi connectivity index (χ1v) is 9.08. The summed E-state index contributed by atoms with van der Waals surface area (Å²) in [7, 11) is 0. The lowest BCUT2D eigenvalue weighted by Gasteiger charge is -2.39. The van der Waals surface area contributed by atoms with Gasteiger partial charge in [0.2, 0.25) is 0 Å². The summed E-state index contributed by atoms with van der Waals surface area (Å²) in [6.45, 7) is 4.70. The number of nitrogens with zero attached hydrogens (tertiary/aromatic N) is 2. The molecule has 24 heavy (non-hydrogen) atoms. The summed E-state index contributed by atoms with van der Waals surface area (Å²) in [5.41, 5.74) is 0.530. The Hall–Kier alpha value is -1.46. The van der Waals surface area contributed by atoms with E-state index in [2.05, 4.69) is 4.90 Å². The minimum atomic E-state index is -0.309. The van der Waals surface area contributed by atoms with Crippen LogP contribution in [0.4, 0.5) is 4.39 Å². The van der Waals surface area contributed by atoms with Gasteiger partial charge in [-0.05, 0) is 69.5 Å². The molecule has 4 rings (SSSR count). The molecule has 0 bridgehead atoms. The zero-order valence-electron chi connectivity index (χ0n) is 14.0. The van der Waals surface area contributed by atoms with Gasteiger partial charge in [-0.25, -0.2) is 4.39 Å². The first-order chi connectivity index (χ1) is 11.7. The summed E-state index contributed by atoms with van der Waals surface area (Å²) in [5.74, 6) is -0.310. The van der Waals surface area contributed by atoms with Crippen molar-refractivity contribution >= 4 is 5.91 Å². The second-order valence-corrected chi connectivity index (χ2v) is 7.39. The van der Waals surface area contributed by atoms with Crippen molar-refractivity contribution in [3.05, 3.63) is 35.6 Å². The highest BCUT2D eigenvalue weighted by Gasteiger charge is 2.45. The number of halogens is 1. The first-order valence-electron chi connectivity index (χ1n) is 9.08. The van der Waals surface area contributed by atoms with E-state index in [4.69, 9.17) is 4.74 Å². The van der Waals surface area contributed by atoms with Gasteiger partial charge in [0.15, 0.2) is 0 Å². The molecule has 0 saturated carbocycles. The van der Waals surface area contributed by atoms with Gasteiger partial charge in [0.1, 0.15) is 5.82 Å². The van der Waals surface area contributed by atoms with E-state index in [1.807, 2.05) is 4.90 Å². The minimum Gasteiger partial charge on any atom is -0.373 e. The van der Waals surface area contributed by atoms with Crippen LogP contribution in [0.3, 0.4) is 0 Å². The molecule has 130 valence electrons. The highest BCUT2D eigenvalue weighted by atomic mass is 19.1. The van der Waals surface area contributed by atoms with Crippen molar-refractivity contribution in [1.29, 1.82) is 0 Å². The molecule has 3 fully saturated rings. The largest absolute Gasteiger partial charge is 0.373 e. The molecule has 1 aromatic rings. The molecule has 3 heterocycles. The van der Waals surface area contributed by atoms with Crippen LogP contribution in [-0.4, -0.2) is 60.1 Å². The molecule has 0 unspecified atom stereocenters. The van der Waals surface area contributed by atoms with Gasteiger partial charge in [0.25, 0.3) is 5.91 Å². The van der Waals surface area contributed by atoms with Crippen LogP contribution in [-0.2, 0) is 4.74 Å². The number of piperidine rings is 1. The predicted octanol–water partition coefficient (Wildman–Crippen LogP) is 2.69. The first kappa shape index (κ1) is 16.0. The molecule has 1 amide bonds. The Kier molecular flexibility index (Phi) is 4.31. The van der Waals surface area contributed by atoms with Crippen molar-refractivity contribution < 1.29 is 13.9 Å². The molecule has 3 aliphatic heterocycles. The average molecular weight is 332 g/mol. The van der Waals surface area contributed by atoms with Gasteiger partial charge in [0, 0.05) is 24.7 Å². The molecular formula is C19H25FN2O2. The van der Waals surface area contributed by atoms with E-state index < -0.39 is 0 Å². The van der Waals surface area contributed by atoms with Crippen LogP contribution in [0.1, 0.15) is 42.5 Å².